The van der Waals surface area contributed by atoms with Gasteiger partial charge in [-0.3, -0.25) is 20.2 Å². The van der Waals surface area contributed by atoms with E-state index in [-0.39, 0.29) is 24.5 Å². The number of nitrogens with one attached hydrogen (secondary N) is 5. The highest BCUT2D eigenvalue weighted by Crippen LogP contribution is 2.24. The molecule has 16 heteroatoms. The van der Waals surface area contributed by atoms with Crippen LogP contribution in [0, 0.1) is 11.7 Å². The number of guanidine groups is 1. The van der Waals surface area contributed by atoms with Gasteiger partial charge in [0.1, 0.15) is 40.5 Å². The van der Waals surface area contributed by atoms with Crippen molar-refractivity contribution in [2.24, 2.45) is 10.9 Å². The second-order valence-electron chi connectivity index (χ2n) is 15.5. The van der Waals surface area contributed by atoms with E-state index in [1.165, 1.54) is 0 Å². The van der Waals surface area contributed by atoms with Crippen LogP contribution in [-0.2, 0) is 30.2 Å². The number of anilines is 1. The molecule has 2 atom stereocenters. The molecular weight excluding hydrogens is 691 g/mol. The molecule has 0 aliphatic carbocycles. The van der Waals surface area contributed by atoms with Gasteiger partial charge < -0.3 is 35.3 Å². The van der Waals surface area contributed by atoms with Crippen molar-refractivity contribution in [1.29, 1.82) is 0 Å². The Bertz CT molecular complexity index is 1630. The van der Waals surface area contributed by atoms with E-state index >= 15 is 0 Å². The number of phenols is 1. The van der Waals surface area contributed by atoms with Crippen molar-refractivity contribution >= 4 is 47.4 Å². The zero-order chi connectivity index (χ0) is 40.3. The second kappa shape index (κ2) is 18.4. The van der Waals surface area contributed by atoms with E-state index in [9.17, 15) is 33.5 Å². The van der Waals surface area contributed by atoms with Crippen LogP contribution in [0.15, 0.2) is 47.5 Å². The van der Waals surface area contributed by atoms with Gasteiger partial charge in [-0.05, 0) is 111 Å². The number of hydrogen-bond donors (Lipinski definition) is 6. The predicted molar refractivity (Wildman–Crippen MR) is 197 cm³/mol. The van der Waals surface area contributed by atoms with E-state index in [4.69, 9.17) is 14.2 Å². The van der Waals surface area contributed by atoms with Crippen LogP contribution in [0.5, 0.6) is 5.75 Å². The van der Waals surface area contributed by atoms with Crippen LogP contribution in [-0.4, -0.2) is 70.0 Å². The lowest BCUT2D eigenvalue weighted by Gasteiger charge is -2.27. The van der Waals surface area contributed by atoms with Gasteiger partial charge >= 0.3 is 18.3 Å². The summed E-state index contributed by atoms with van der Waals surface area (Å²) in [7, 11) is 0. The van der Waals surface area contributed by atoms with Gasteiger partial charge in [-0.15, -0.1) is 0 Å². The Morgan fingerprint density at radius 1 is 0.755 bits per heavy atom. The van der Waals surface area contributed by atoms with Gasteiger partial charge in [-0.1, -0.05) is 26.0 Å². The number of ether oxygens (including phenoxy) is 3. The number of hydrogen-bond acceptors (Lipinski definition) is 10. The molecule has 0 aliphatic heterocycles. The first-order chi connectivity index (χ1) is 24.3. The van der Waals surface area contributed by atoms with Crippen molar-refractivity contribution in [3.05, 3.63) is 53.8 Å². The summed E-state index contributed by atoms with van der Waals surface area (Å²) in [6.07, 6.45) is -2.40. The molecule has 0 saturated carbocycles. The Balaban J connectivity index is 2.40. The number of carbonyl (C=O) groups is 5. The molecule has 0 bridgehead atoms. The molecule has 0 heterocycles. The summed E-state index contributed by atoms with van der Waals surface area (Å²) in [6.45, 7) is 18.5. The highest BCUT2D eigenvalue weighted by atomic mass is 19.1. The summed E-state index contributed by atoms with van der Waals surface area (Å²) in [5, 5.41) is 22.7. The molecule has 2 aromatic carbocycles. The number of aromatic hydroxyl groups is 1. The van der Waals surface area contributed by atoms with Gasteiger partial charge in [0, 0.05) is 6.07 Å². The molecule has 0 aromatic heterocycles. The highest BCUT2D eigenvalue weighted by molar-refractivity contribution is 6.02. The van der Waals surface area contributed by atoms with E-state index in [0.29, 0.717) is 11.3 Å². The summed E-state index contributed by atoms with van der Waals surface area (Å²) in [5.41, 5.74) is -1.79. The van der Waals surface area contributed by atoms with Gasteiger partial charge in [-0.2, -0.15) is 0 Å². The minimum atomic E-state index is -1.24. The monoisotopic (exact) mass is 744 g/mol. The molecule has 2 rings (SSSR count). The number of phenolic OH excluding ortho intramolecular Hbond substituents is 1. The quantitative estimate of drug-likeness (QED) is 0.0711. The minimum absolute atomic E-state index is 0.00273. The van der Waals surface area contributed by atoms with Crippen LogP contribution in [0.3, 0.4) is 0 Å². The maximum absolute atomic E-state index is 14.0. The van der Waals surface area contributed by atoms with Crippen LogP contribution in [0.1, 0.15) is 88.1 Å². The van der Waals surface area contributed by atoms with Crippen molar-refractivity contribution in [2.45, 2.75) is 118 Å². The fourth-order valence-corrected chi connectivity index (χ4v) is 4.44. The molecule has 5 amide bonds. The molecular formula is C37H53FN6O9. The molecule has 0 fully saturated rings. The number of aryl methyl sites for hydroxylation is 1. The van der Waals surface area contributed by atoms with Gasteiger partial charge in [0.25, 0.3) is 0 Å². The molecule has 0 aliphatic rings. The highest BCUT2D eigenvalue weighted by Gasteiger charge is 2.31. The Labute approximate surface area is 309 Å². The number of benzene rings is 2. The van der Waals surface area contributed by atoms with E-state index in [1.54, 1.807) is 100 Å². The maximum Gasteiger partial charge on any atom is 0.414 e. The molecule has 292 valence electrons. The zero-order valence-corrected chi connectivity index (χ0v) is 32.2. The second-order valence-corrected chi connectivity index (χ2v) is 15.5. The lowest BCUT2D eigenvalue weighted by molar-refractivity contribution is -0.128. The minimum Gasteiger partial charge on any atom is -0.506 e. The molecule has 15 nitrogen and oxygen atoms in total. The predicted octanol–water partition coefficient (Wildman–Crippen LogP) is 6.17. The number of carbonyl (C=O) groups excluding carboxylic acids is 5. The normalized spacial score (nSPS) is 12.8. The van der Waals surface area contributed by atoms with Crippen molar-refractivity contribution in [1.82, 2.24) is 21.3 Å². The van der Waals surface area contributed by atoms with Crippen LogP contribution < -0.4 is 26.6 Å². The Morgan fingerprint density at radius 2 is 1.30 bits per heavy atom. The van der Waals surface area contributed by atoms with E-state index in [2.05, 4.69) is 31.6 Å². The maximum atomic E-state index is 14.0. The third-order valence-corrected chi connectivity index (χ3v) is 6.58. The van der Waals surface area contributed by atoms with Gasteiger partial charge in [0.05, 0.1) is 11.4 Å². The number of rotatable bonds is 10. The van der Waals surface area contributed by atoms with Crippen LogP contribution in [0.2, 0.25) is 0 Å². The van der Waals surface area contributed by atoms with E-state index in [1.807, 2.05) is 0 Å². The summed E-state index contributed by atoms with van der Waals surface area (Å²) in [6, 6.07) is 7.33. The van der Waals surface area contributed by atoms with Crippen LogP contribution in [0.4, 0.5) is 30.1 Å². The average Bonchev–Trinajstić information content (AvgIpc) is 2.96. The standard InChI is InChI=1S/C37H53FN6O9/c1-21(2)28(42-32(48)51-35(3,4)5)30(47)40-25(29(46)41-26-20-23(38)16-18-27(26)45)17-15-22-13-12-14-24(19-22)39-31(43-33(49)52-36(6,7)8)44-34(50)53-37(9,10)11/h12-14,16,18-21,25,28,45H,15,17H2,1-11H3,(H,40,47)(H,41,46)(H,42,48)(H2,39,43,44,49,50)/t25?,28-/m0/s1. The number of halogens is 1. The number of alkyl carbamates (subject to hydrolysis) is 3. The molecule has 0 radical (unpaired) electrons. The topological polar surface area (TPSA) is 206 Å². The van der Waals surface area contributed by atoms with Crippen molar-refractivity contribution in [3.63, 3.8) is 0 Å². The summed E-state index contributed by atoms with van der Waals surface area (Å²) in [5.74, 6) is -3.23. The number of nitrogens with zero attached hydrogens (tertiary/aromatic N) is 1. The van der Waals surface area contributed by atoms with Gasteiger partial charge in [-0.25, -0.2) is 23.8 Å². The summed E-state index contributed by atoms with van der Waals surface area (Å²) in [4.78, 5) is 69.1. The summed E-state index contributed by atoms with van der Waals surface area (Å²) >= 11 is 0. The van der Waals surface area contributed by atoms with E-state index < -0.39 is 76.5 Å². The van der Waals surface area contributed by atoms with Crippen LogP contribution in [0.25, 0.3) is 0 Å². The third kappa shape index (κ3) is 17.1. The fourth-order valence-electron chi connectivity index (χ4n) is 4.44. The van der Waals surface area contributed by atoms with E-state index in [0.717, 1.165) is 18.2 Å². The van der Waals surface area contributed by atoms with Crippen molar-refractivity contribution in [3.8, 4) is 5.75 Å². The summed E-state index contributed by atoms with van der Waals surface area (Å²) < 4.78 is 29.9. The first-order valence-corrected chi connectivity index (χ1v) is 17.1. The molecule has 0 saturated heterocycles. The van der Waals surface area contributed by atoms with Gasteiger partial charge in [0.15, 0.2) is 0 Å². The SMILES string of the molecule is CC(C)[C@H](NC(=O)OC(C)(C)C)C(=O)NC(CCc1cccc(N=C(NC(=O)OC(C)(C)C)NC(=O)OC(C)(C)C)c1)C(=O)Nc1cc(F)ccc1O. The number of aliphatic imine (C=N–C) groups is 1. The lowest BCUT2D eigenvalue weighted by Crippen LogP contribution is -2.55. The average molecular weight is 745 g/mol. The molecule has 1 unspecified atom stereocenters. The van der Waals surface area contributed by atoms with Crippen molar-refractivity contribution < 1.29 is 47.7 Å². The Morgan fingerprint density at radius 3 is 1.83 bits per heavy atom. The Hall–Kier alpha value is -5.41. The van der Waals surface area contributed by atoms with Gasteiger partial charge in [0.2, 0.25) is 17.8 Å². The smallest absolute Gasteiger partial charge is 0.414 e. The lowest BCUT2D eigenvalue weighted by atomic mass is 10.0. The Kier molecular flexibility index (Phi) is 15.2. The first-order valence-electron chi connectivity index (χ1n) is 17.1. The largest absolute Gasteiger partial charge is 0.506 e. The molecule has 53 heavy (non-hydrogen) atoms. The fraction of sp³-hybridized carbons (Fsp3) is 0.514. The third-order valence-electron chi connectivity index (χ3n) is 6.58. The first kappa shape index (κ1) is 43.8. The number of amides is 5. The van der Waals surface area contributed by atoms with Crippen molar-refractivity contribution in [2.75, 3.05) is 5.32 Å². The molecule has 2 aromatic rings. The molecule has 6 N–H and O–H groups in total. The molecule has 0 spiro atoms. The van der Waals surface area contributed by atoms with Crippen LogP contribution >= 0.6 is 0 Å². The zero-order valence-electron chi connectivity index (χ0n) is 32.2.